The molecule has 0 aliphatic carbocycles. The second kappa shape index (κ2) is 8.03. The van der Waals surface area contributed by atoms with E-state index in [-0.39, 0.29) is 5.91 Å². The molecule has 3 N–H and O–H groups in total. The van der Waals surface area contributed by atoms with Crippen molar-refractivity contribution in [2.75, 3.05) is 31.9 Å². The minimum Gasteiger partial charge on any atom is -0.399 e. The summed E-state index contributed by atoms with van der Waals surface area (Å²) in [7, 11) is 0. The lowest BCUT2D eigenvalue weighted by molar-refractivity contribution is -0.125. The van der Waals surface area contributed by atoms with Crippen LogP contribution in [0.3, 0.4) is 0 Å². The molecule has 1 aromatic rings. The van der Waals surface area contributed by atoms with Crippen LogP contribution in [-0.2, 0) is 10.2 Å². The van der Waals surface area contributed by atoms with Crippen LogP contribution in [0.2, 0.25) is 0 Å². The molecule has 0 saturated heterocycles. The molecule has 1 rings (SSSR count). The summed E-state index contributed by atoms with van der Waals surface area (Å²) in [4.78, 5) is 14.7. The molecule has 0 aromatic heterocycles. The molecule has 4 nitrogen and oxygen atoms in total. The molecular formula is C17H29N3O. The van der Waals surface area contributed by atoms with Crippen LogP contribution >= 0.6 is 0 Å². The first kappa shape index (κ1) is 17.5. The number of benzene rings is 1. The number of rotatable bonds is 8. The van der Waals surface area contributed by atoms with E-state index in [1.165, 1.54) is 0 Å². The Labute approximate surface area is 128 Å². The van der Waals surface area contributed by atoms with Gasteiger partial charge < -0.3 is 16.0 Å². The number of anilines is 1. The average Bonchev–Trinajstić information content (AvgIpc) is 2.47. The molecule has 0 fully saturated rings. The van der Waals surface area contributed by atoms with Crippen molar-refractivity contribution in [3.63, 3.8) is 0 Å². The topological polar surface area (TPSA) is 58.4 Å². The molecule has 21 heavy (non-hydrogen) atoms. The summed E-state index contributed by atoms with van der Waals surface area (Å²) in [6, 6.07) is 7.52. The molecule has 4 heteroatoms. The van der Waals surface area contributed by atoms with Gasteiger partial charge in [0.1, 0.15) is 0 Å². The van der Waals surface area contributed by atoms with Gasteiger partial charge in [0.15, 0.2) is 0 Å². The molecular weight excluding hydrogens is 262 g/mol. The maximum absolute atomic E-state index is 12.4. The summed E-state index contributed by atoms with van der Waals surface area (Å²) in [5, 5.41) is 3.04. The first-order chi connectivity index (χ1) is 9.91. The van der Waals surface area contributed by atoms with E-state index in [1.54, 1.807) is 0 Å². The Balaban J connectivity index is 2.48. The van der Waals surface area contributed by atoms with Crippen LogP contribution in [0, 0.1) is 0 Å². The van der Waals surface area contributed by atoms with Gasteiger partial charge >= 0.3 is 0 Å². The smallest absolute Gasteiger partial charge is 0.230 e. The van der Waals surface area contributed by atoms with E-state index in [0.717, 1.165) is 31.6 Å². The third kappa shape index (κ3) is 5.05. The predicted octanol–water partition coefficient (Wildman–Crippen LogP) is 2.39. The highest BCUT2D eigenvalue weighted by atomic mass is 16.2. The zero-order valence-corrected chi connectivity index (χ0v) is 13.8. The average molecular weight is 291 g/mol. The van der Waals surface area contributed by atoms with Crippen LogP contribution in [0.1, 0.15) is 39.7 Å². The normalized spacial score (nSPS) is 11.7. The van der Waals surface area contributed by atoms with Crippen molar-refractivity contribution in [1.29, 1.82) is 0 Å². The monoisotopic (exact) mass is 291 g/mol. The Bertz CT molecular complexity index is 436. The van der Waals surface area contributed by atoms with Crippen molar-refractivity contribution in [2.45, 2.75) is 39.5 Å². The van der Waals surface area contributed by atoms with Gasteiger partial charge in [-0.3, -0.25) is 4.79 Å². The zero-order valence-electron chi connectivity index (χ0n) is 13.8. The fourth-order valence-electron chi connectivity index (χ4n) is 2.30. The molecule has 0 aliphatic rings. The van der Waals surface area contributed by atoms with Gasteiger partial charge in [0.05, 0.1) is 5.41 Å². The molecule has 0 heterocycles. The second-order valence-corrected chi connectivity index (χ2v) is 5.88. The fraction of sp³-hybridized carbons (Fsp3) is 0.588. The Hall–Kier alpha value is -1.55. The van der Waals surface area contributed by atoms with Crippen molar-refractivity contribution < 1.29 is 4.79 Å². The van der Waals surface area contributed by atoms with Crippen molar-refractivity contribution in [2.24, 2.45) is 0 Å². The van der Waals surface area contributed by atoms with Gasteiger partial charge in [0.2, 0.25) is 5.91 Å². The van der Waals surface area contributed by atoms with Gasteiger partial charge in [-0.15, -0.1) is 0 Å². The van der Waals surface area contributed by atoms with Crippen LogP contribution < -0.4 is 11.1 Å². The molecule has 1 aromatic carbocycles. The SMILES string of the molecule is CCN(CC)CCCNC(=O)C(C)(C)c1ccc(N)cc1. The molecule has 0 aliphatic heterocycles. The van der Waals surface area contributed by atoms with E-state index in [1.807, 2.05) is 38.1 Å². The van der Waals surface area contributed by atoms with E-state index in [2.05, 4.69) is 24.1 Å². The van der Waals surface area contributed by atoms with E-state index < -0.39 is 5.41 Å². The molecule has 0 atom stereocenters. The van der Waals surface area contributed by atoms with Crippen LogP contribution in [0.25, 0.3) is 0 Å². The van der Waals surface area contributed by atoms with Gasteiger partial charge in [-0.2, -0.15) is 0 Å². The number of hydrogen-bond acceptors (Lipinski definition) is 3. The lowest BCUT2D eigenvalue weighted by Gasteiger charge is -2.25. The second-order valence-electron chi connectivity index (χ2n) is 5.88. The van der Waals surface area contributed by atoms with Crippen molar-refractivity contribution >= 4 is 11.6 Å². The highest BCUT2D eigenvalue weighted by Crippen LogP contribution is 2.24. The first-order valence-electron chi connectivity index (χ1n) is 7.78. The highest BCUT2D eigenvalue weighted by Gasteiger charge is 2.29. The Morgan fingerprint density at radius 3 is 2.29 bits per heavy atom. The van der Waals surface area contributed by atoms with Crippen molar-refractivity contribution in [3.8, 4) is 0 Å². The number of nitrogens with two attached hydrogens (primary N) is 1. The maximum atomic E-state index is 12.4. The van der Waals surface area contributed by atoms with E-state index >= 15 is 0 Å². The van der Waals surface area contributed by atoms with Crippen LogP contribution in [0.5, 0.6) is 0 Å². The summed E-state index contributed by atoms with van der Waals surface area (Å²) < 4.78 is 0. The maximum Gasteiger partial charge on any atom is 0.230 e. The number of nitrogen functional groups attached to an aromatic ring is 1. The predicted molar refractivity (Wildman–Crippen MR) is 89.3 cm³/mol. The van der Waals surface area contributed by atoms with Crippen LogP contribution in [0.4, 0.5) is 5.69 Å². The molecule has 0 spiro atoms. The third-order valence-electron chi connectivity index (χ3n) is 4.03. The third-order valence-corrected chi connectivity index (χ3v) is 4.03. The molecule has 0 radical (unpaired) electrons. The largest absolute Gasteiger partial charge is 0.399 e. The van der Waals surface area contributed by atoms with E-state index in [0.29, 0.717) is 12.2 Å². The molecule has 0 bridgehead atoms. The number of hydrogen-bond donors (Lipinski definition) is 2. The summed E-state index contributed by atoms with van der Waals surface area (Å²) in [5.74, 6) is 0.0619. The molecule has 118 valence electrons. The fourth-order valence-corrected chi connectivity index (χ4v) is 2.30. The van der Waals surface area contributed by atoms with Gasteiger partial charge in [-0.05, 0) is 57.6 Å². The molecule has 0 saturated carbocycles. The number of carbonyl (C=O) groups excluding carboxylic acids is 1. The van der Waals surface area contributed by atoms with Crippen molar-refractivity contribution in [1.82, 2.24) is 10.2 Å². The minimum absolute atomic E-state index is 0.0619. The standard InChI is InChI=1S/C17H29N3O/c1-5-20(6-2)13-7-12-19-16(21)17(3,4)14-8-10-15(18)11-9-14/h8-11H,5-7,12-13,18H2,1-4H3,(H,19,21). The summed E-state index contributed by atoms with van der Waals surface area (Å²) >= 11 is 0. The number of nitrogens with one attached hydrogen (secondary N) is 1. The summed E-state index contributed by atoms with van der Waals surface area (Å²) in [5.41, 5.74) is 6.86. The van der Waals surface area contributed by atoms with Crippen LogP contribution in [-0.4, -0.2) is 37.0 Å². The summed E-state index contributed by atoms with van der Waals surface area (Å²) in [6.45, 7) is 12.1. The first-order valence-corrected chi connectivity index (χ1v) is 7.78. The van der Waals surface area contributed by atoms with Gasteiger partial charge in [-0.25, -0.2) is 0 Å². The quantitative estimate of drug-likeness (QED) is 0.571. The lowest BCUT2D eigenvalue weighted by atomic mass is 9.83. The lowest BCUT2D eigenvalue weighted by Crippen LogP contribution is -2.41. The van der Waals surface area contributed by atoms with Gasteiger partial charge in [0.25, 0.3) is 0 Å². The van der Waals surface area contributed by atoms with Crippen molar-refractivity contribution in [3.05, 3.63) is 29.8 Å². The summed E-state index contributed by atoms with van der Waals surface area (Å²) in [6.07, 6.45) is 0.977. The molecule has 0 unspecified atom stereocenters. The van der Waals surface area contributed by atoms with Crippen LogP contribution in [0.15, 0.2) is 24.3 Å². The minimum atomic E-state index is -0.539. The Morgan fingerprint density at radius 1 is 1.19 bits per heavy atom. The van der Waals surface area contributed by atoms with E-state index in [4.69, 9.17) is 5.73 Å². The number of carbonyl (C=O) groups is 1. The van der Waals surface area contributed by atoms with Gasteiger partial charge in [0, 0.05) is 12.2 Å². The molecule has 1 amide bonds. The zero-order chi connectivity index (χ0) is 15.9. The van der Waals surface area contributed by atoms with E-state index in [9.17, 15) is 4.79 Å². The number of amides is 1. The van der Waals surface area contributed by atoms with Gasteiger partial charge in [-0.1, -0.05) is 26.0 Å². The Morgan fingerprint density at radius 2 is 1.76 bits per heavy atom. The number of nitrogens with zero attached hydrogens (tertiary/aromatic N) is 1. The highest BCUT2D eigenvalue weighted by molar-refractivity contribution is 5.87. The Kier molecular flexibility index (Phi) is 6.69.